The van der Waals surface area contributed by atoms with E-state index in [0.29, 0.717) is 5.41 Å². The van der Waals surface area contributed by atoms with Gasteiger partial charge in [-0.05, 0) is 18.3 Å². The molecule has 0 atom stereocenters. The van der Waals surface area contributed by atoms with E-state index in [0.717, 1.165) is 26.3 Å². The van der Waals surface area contributed by atoms with E-state index < -0.39 is 0 Å². The molecule has 0 amide bonds. The first-order valence-corrected chi connectivity index (χ1v) is 5.09. The Bertz CT molecular complexity index is 148. The second kappa shape index (κ2) is 4.77. The molecule has 0 aromatic rings. The first kappa shape index (κ1) is 10.7. The molecule has 0 aromatic carbocycles. The molecule has 0 unspecified atom stereocenters. The summed E-state index contributed by atoms with van der Waals surface area (Å²) in [4.78, 5) is 2.54. The quantitative estimate of drug-likeness (QED) is 0.606. The maximum atomic E-state index is 5.29. The summed E-state index contributed by atoms with van der Waals surface area (Å²) in [5.41, 5.74) is 0.678. The van der Waals surface area contributed by atoms with Crippen LogP contribution in [0.1, 0.15) is 19.8 Å². The van der Waals surface area contributed by atoms with Gasteiger partial charge >= 0.3 is 0 Å². The first-order valence-electron chi connectivity index (χ1n) is 5.09. The second-order valence-corrected chi connectivity index (χ2v) is 4.20. The lowest BCUT2D eigenvalue weighted by Crippen LogP contribution is -2.39. The zero-order chi connectivity index (χ0) is 9.73. The molecule has 2 heteroatoms. The van der Waals surface area contributed by atoms with E-state index >= 15 is 0 Å². The normalized spacial score (nSPS) is 25.9. The van der Waals surface area contributed by atoms with Crippen molar-refractivity contribution in [3.05, 3.63) is 13.2 Å². The van der Waals surface area contributed by atoms with Gasteiger partial charge in [-0.2, -0.15) is 0 Å². The van der Waals surface area contributed by atoms with Crippen molar-refractivity contribution in [1.82, 2.24) is 4.90 Å². The van der Waals surface area contributed by atoms with Gasteiger partial charge in [0.1, 0.15) is 0 Å². The van der Waals surface area contributed by atoms with Gasteiger partial charge in [-0.15, -0.1) is 13.2 Å². The zero-order valence-corrected chi connectivity index (χ0v) is 8.72. The first-order chi connectivity index (χ1) is 6.29. The molecule has 2 aliphatic rings. The van der Waals surface area contributed by atoms with Gasteiger partial charge in [-0.25, -0.2) is 0 Å². The lowest BCUT2D eigenvalue weighted by atomic mass is 10.1. The van der Waals surface area contributed by atoms with Gasteiger partial charge in [0.05, 0.1) is 13.2 Å². The highest BCUT2D eigenvalue weighted by Gasteiger charge is 2.38. The average Bonchev–Trinajstić information content (AvgIpc) is 2.88. The molecule has 1 saturated heterocycles. The third-order valence-corrected chi connectivity index (χ3v) is 2.81. The third kappa shape index (κ3) is 3.49. The van der Waals surface area contributed by atoms with E-state index in [1.165, 1.54) is 19.4 Å². The highest BCUT2D eigenvalue weighted by atomic mass is 16.5. The number of nitrogens with zero attached hydrogens (tertiary/aromatic N) is 1. The van der Waals surface area contributed by atoms with E-state index in [1.54, 1.807) is 0 Å². The van der Waals surface area contributed by atoms with Crippen LogP contribution in [0, 0.1) is 5.41 Å². The molecule has 2 fully saturated rings. The molecule has 0 aromatic heterocycles. The van der Waals surface area contributed by atoms with Crippen molar-refractivity contribution in [2.75, 3.05) is 32.8 Å². The van der Waals surface area contributed by atoms with Gasteiger partial charge in [0.25, 0.3) is 0 Å². The van der Waals surface area contributed by atoms with Gasteiger partial charge in [0, 0.05) is 19.6 Å². The molecule has 2 nitrogen and oxygen atoms in total. The number of morpholine rings is 1. The lowest BCUT2D eigenvalue weighted by Gasteiger charge is -2.28. The Balaban J connectivity index is 0.000000396. The van der Waals surface area contributed by atoms with Gasteiger partial charge in [-0.1, -0.05) is 6.92 Å². The maximum absolute atomic E-state index is 5.29. The van der Waals surface area contributed by atoms with Crippen LogP contribution in [0.3, 0.4) is 0 Å². The SMILES string of the molecule is C=C.CC1(CN2CCOCC2)CC1. The van der Waals surface area contributed by atoms with Gasteiger partial charge < -0.3 is 4.74 Å². The minimum absolute atomic E-state index is 0.678. The Morgan fingerprint density at radius 1 is 1.23 bits per heavy atom. The van der Waals surface area contributed by atoms with Crippen LogP contribution in [0.4, 0.5) is 0 Å². The van der Waals surface area contributed by atoms with Crippen molar-refractivity contribution in [1.29, 1.82) is 0 Å². The van der Waals surface area contributed by atoms with Crippen molar-refractivity contribution >= 4 is 0 Å². The fourth-order valence-corrected chi connectivity index (χ4v) is 1.67. The predicted molar refractivity (Wildman–Crippen MR) is 55.9 cm³/mol. The van der Waals surface area contributed by atoms with Crippen LogP contribution < -0.4 is 0 Å². The molecule has 1 aliphatic heterocycles. The Hall–Kier alpha value is -0.340. The van der Waals surface area contributed by atoms with Crippen LogP contribution in [0.25, 0.3) is 0 Å². The number of hydrogen-bond donors (Lipinski definition) is 0. The van der Waals surface area contributed by atoms with Crippen LogP contribution >= 0.6 is 0 Å². The highest BCUT2D eigenvalue weighted by molar-refractivity contribution is 4.91. The standard InChI is InChI=1S/C9H17NO.C2H4/c1-9(2-3-9)8-10-4-6-11-7-5-10;1-2/h2-8H2,1H3;1-2H2. The highest BCUT2D eigenvalue weighted by Crippen LogP contribution is 2.45. The summed E-state index contributed by atoms with van der Waals surface area (Å²) in [6.45, 7) is 13.9. The average molecular weight is 183 g/mol. The molecule has 1 heterocycles. The van der Waals surface area contributed by atoms with Gasteiger partial charge in [0.15, 0.2) is 0 Å². The van der Waals surface area contributed by atoms with E-state index in [4.69, 9.17) is 4.74 Å². The zero-order valence-electron chi connectivity index (χ0n) is 8.72. The van der Waals surface area contributed by atoms with E-state index in [2.05, 4.69) is 25.0 Å². The van der Waals surface area contributed by atoms with E-state index in [9.17, 15) is 0 Å². The van der Waals surface area contributed by atoms with Crippen molar-refractivity contribution in [2.45, 2.75) is 19.8 Å². The lowest BCUT2D eigenvalue weighted by molar-refractivity contribution is 0.0298. The minimum atomic E-state index is 0.678. The summed E-state index contributed by atoms with van der Waals surface area (Å²) in [7, 11) is 0. The molecule has 0 spiro atoms. The van der Waals surface area contributed by atoms with Crippen LogP contribution in [-0.4, -0.2) is 37.7 Å². The Morgan fingerprint density at radius 3 is 2.23 bits per heavy atom. The van der Waals surface area contributed by atoms with Gasteiger partial charge in [0.2, 0.25) is 0 Å². The molecular weight excluding hydrogens is 162 g/mol. The fourth-order valence-electron chi connectivity index (χ4n) is 1.67. The molecule has 0 N–H and O–H groups in total. The molecule has 13 heavy (non-hydrogen) atoms. The summed E-state index contributed by atoms with van der Waals surface area (Å²) < 4.78 is 5.29. The molecule has 0 bridgehead atoms. The smallest absolute Gasteiger partial charge is 0.0594 e. The van der Waals surface area contributed by atoms with Crippen LogP contribution in [0.15, 0.2) is 13.2 Å². The summed E-state index contributed by atoms with van der Waals surface area (Å²) in [5.74, 6) is 0. The monoisotopic (exact) mass is 183 g/mol. The van der Waals surface area contributed by atoms with Crippen molar-refractivity contribution in [3.63, 3.8) is 0 Å². The summed E-state index contributed by atoms with van der Waals surface area (Å²) in [6.07, 6.45) is 2.87. The second-order valence-electron chi connectivity index (χ2n) is 4.20. The summed E-state index contributed by atoms with van der Waals surface area (Å²) >= 11 is 0. The Kier molecular flexibility index (Phi) is 3.94. The molecular formula is C11H21NO. The van der Waals surface area contributed by atoms with Crippen molar-refractivity contribution in [3.8, 4) is 0 Å². The van der Waals surface area contributed by atoms with E-state index in [-0.39, 0.29) is 0 Å². The Labute approximate surface area is 81.6 Å². The van der Waals surface area contributed by atoms with Crippen LogP contribution in [0.5, 0.6) is 0 Å². The molecule has 1 saturated carbocycles. The van der Waals surface area contributed by atoms with Crippen molar-refractivity contribution < 1.29 is 4.74 Å². The summed E-state index contributed by atoms with van der Waals surface area (Å²) in [5, 5.41) is 0. The number of ether oxygens (including phenoxy) is 1. The minimum Gasteiger partial charge on any atom is -0.379 e. The molecule has 0 radical (unpaired) electrons. The fraction of sp³-hybridized carbons (Fsp3) is 0.818. The Morgan fingerprint density at radius 2 is 1.77 bits per heavy atom. The van der Waals surface area contributed by atoms with Crippen molar-refractivity contribution in [2.24, 2.45) is 5.41 Å². The van der Waals surface area contributed by atoms with Gasteiger partial charge in [-0.3, -0.25) is 4.90 Å². The number of rotatable bonds is 2. The van der Waals surface area contributed by atoms with Crippen LogP contribution in [-0.2, 0) is 4.74 Å². The largest absolute Gasteiger partial charge is 0.379 e. The van der Waals surface area contributed by atoms with E-state index in [1.807, 2.05) is 0 Å². The molecule has 1 aliphatic carbocycles. The van der Waals surface area contributed by atoms with Crippen LogP contribution in [0.2, 0.25) is 0 Å². The predicted octanol–water partition coefficient (Wildman–Crippen LogP) is 1.92. The number of hydrogen-bond acceptors (Lipinski definition) is 2. The molecule has 76 valence electrons. The topological polar surface area (TPSA) is 12.5 Å². The summed E-state index contributed by atoms with van der Waals surface area (Å²) in [6, 6.07) is 0. The third-order valence-electron chi connectivity index (χ3n) is 2.81. The maximum Gasteiger partial charge on any atom is 0.0594 e. The molecule has 2 rings (SSSR count).